The van der Waals surface area contributed by atoms with E-state index in [0.717, 1.165) is 11.6 Å². The Bertz CT molecular complexity index is 1410. The number of carboxylic acid groups (broad SMARTS) is 1. The normalized spacial score (nSPS) is 13.5. The second-order valence-corrected chi connectivity index (χ2v) is 8.69. The van der Waals surface area contributed by atoms with E-state index in [-0.39, 0.29) is 23.6 Å². The molecule has 3 aromatic rings. The van der Waals surface area contributed by atoms with Gasteiger partial charge in [0.05, 0.1) is 11.2 Å². The maximum absolute atomic E-state index is 15.0. The van der Waals surface area contributed by atoms with Crippen LogP contribution >= 0.6 is 0 Å². The molecule has 4 rings (SSSR count). The van der Waals surface area contributed by atoms with Crippen molar-refractivity contribution in [2.75, 3.05) is 36.4 Å². The number of aryl methyl sites for hydroxylation is 1. The van der Waals surface area contributed by atoms with Crippen molar-refractivity contribution in [3.05, 3.63) is 69.8 Å². The molecule has 2 amide bonds. The SMILES string of the molecule is CCn1cc(C(=O)O)c(=O)c2cc(F)c(N3CCN(C(=O)OCc4ccc(NC(C)=O)cc4)CC3)cc21. The van der Waals surface area contributed by atoms with Gasteiger partial charge in [0, 0.05) is 56.9 Å². The first kappa shape index (κ1) is 25.7. The predicted molar refractivity (Wildman–Crippen MR) is 136 cm³/mol. The number of ether oxygens (including phenoxy) is 1. The van der Waals surface area contributed by atoms with Gasteiger partial charge in [-0.1, -0.05) is 12.1 Å². The van der Waals surface area contributed by atoms with Crippen LogP contribution in [0.1, 0.15) is 29.8 Å². The highest BCUT2D eigenvalue weighted by atomic mass is 19.1. The van der Waals surface area contributed by atoms with E-state index in [9.17, 15) is 24.3 Å². The lowest BCUT2D eigenvalue weighted by Crippen LogP contribution is -2.49. The second-order valence-electron chi connectivity index (χ2n) is 8.69. The Morgan fingerprint density at radius 1 is 1.08 bits per heavy atom. The molecule has 0 atom stereocenters. The van der Waals surface area contributed by atoms with Crippen LogP contribution in [0.2, 0.25) is 0 Å². The molecule has 0 saturated carbocycles. The molecular formula is C26H27FN4O6. The molecule has 11 heteroatoms. The van der Waals surface area contributed by atoms with Gasteiger partial charge in [0.2, 0.25) is 11.3 Å². The highest BCUT2D eigenvalue weighted by Gasteiger charge is 2.25. The van der Waals surface area contributed by atoms with Crippen molar-refractivity contribution >= 4 is 40.2 Å². The van der Waals surface area contributed by atoms with Gasteiger partial charge >= 0.3 is 12.1 Å². The lowest BCUT2D eigenvalue weighted by molar-refractivity contribution is -0.114. The largest absolute Gasteiger partial charge is 0.477 e. The molecule has 1 fully saturated rings. The summed E-state index contributed by atoms with van der Waals surface area (Å²) in [6.45, 7) is 5.04. The first-order valence-corrected chi connectivity index (χ1v) is 11.8. The van der Waals surface area contributed by atoms with Crippen LogP contribution < -0.4 is 15.6 Å². The Morgan fingerprint density at radius 3 is 2.35 bits per heavy atom. The maximum Gasteiger partial charge on any atom is 0.410 e. The number of benzene rings is 2. The minimum atomic E-state index is -1.36. The number of aromatic nitrogens is 1. The molecule has 37 heavy (non-hydrogen) atoms. The summed E-state index contributed by atoms with van der Waals surface area (Å²) in [5, 5.41) is 12.0. The van der Waals surface area contributed by atoms with Crippen molar-refractivity contribution in [3.63, 3.8) is 0 Å². The number of carboxylic acids is 1. The van der Waals surface area contributed by atoms with Crippen LogP contribution in [0.4, 0.5) is 20.6 Å². The summed E-state index contributed by atoms with van der Waals surface area (Å²) in [5.74, 6) is -2.16. The Balaban J connectivity index is 1.42. The van der Waals surface area contributed by atoms with Crippen molar-refractivity contribution in [2.24, 2.45) is 0 Å². The second kappa shape index (κ2) is 10.7. The van der Waals surface area contributed by atoms with Gasteiger partial charge in [0.25, 0.3) is 0 Å². The molecule has 0 unspecified atom stereocenters. The van der Waals surface area contributed by atoms with Gasteiger partial charge in [-0.25, -0.2) is 14.0 Å². The summed E-state index contributed by atoms with van der Waals surface area (Å²) < 4.78 is 22.1. The number of fused-ring (bicyclic) bond motifs is 1. The number of hydrogen-bond acceptors (Lipinski definition) is 6. The first-order chi connectivity index (χ1) is 17.7. The number of aromatic carboxylic acids is 1. The van der Waals surface area contributed by atoms with E-state index in [0.29, 0.717) is 43.9 Å². The number of pyridine rings is 1. The van der Waals surface area contributed by atoms with E-state index < -0.39 is 28.9 Å². The van der Waals surface area contributed by atoms with Gasteiger partial charge in [-0.3, -0.25) is 9.59 Å². The lowest BCUT2D eigenvalue weighted by atomic mass is 10.1. The Kier molecular flexibility index (Phi) is 7.42. The van der Waals surface area contributed by atoms with Gasteiger partial charge in [0.15, 0.2) is 0 Å². The molecular weight excluding hydrogens is 483 g/mol. The third kappa shape index (κ3) is 5.55. The summed E-state index contributed by atoms with van der Waals surface area (Å²) in [6, 6.07) is 9.61. The molecule has 1 saturated heterocycles. The molecule has 0 bridgehead atoms. The first-order valence-electron chi connectivity index (χ1n) is 11.8. The van der Waals surface area contributed by atoms with Crippen molar-refractivity contribution in [2.45, 2.75) is 27.0 Å². The number of anilines is 2. The smallest absolute Gasteiger partial charge is 0.410 e. The van der Waals surface area contributed by atoms with Crippen LogP contribution in [-0.2, 0) is 22.7 Å². The molecule has 0 spiro atoms. The van der Waals surface area contributed by atoms with E-state index in [1.165, 1.54) is 13.1 Å². The number of rotatable bonds is 6. The molecule has 0 aliphatic carbocycles. The number of nitrogens with zero attached hydrogens (tertiary/aromatic N) is 3. The number of halogens is 1. The fourth-order valence-electron chi connectivity index (χ4n) is 4.31. The van der Waals surface area contributed by atoms with Crippen molar-refractivity contribution in [3.8, 4) is 0 Å². The fraction of sp³-hybridized carbons (Fsp3) is 0.308. The molecule has 0 radical (unpaired) electrons. The minimum Gasteiger partial charge on any atom is -0.477 e. The van der Waals surface area contributed by atoms with Crippen LogP contribution in [-0.4, -0.2) is 58.7 Å². The Hall–Kier alpha value is -4.41. The summed E-state index contributed by atoms with van der Waals surface area (Å²) in [5.41, 5.74) is 1.02. The summed E-state index contributed by atoms with van der Waals surface area (Å²) in [6.07, 6.45) is 0.793. The van der Waals surface area contributed by atoms with E-state index in [1.54, 1.807) is 51.6 Å². The van der Waals surface area contributed by atoms with E-state index >= 15 is 4.39 Å². The van der Waals surface area contributed by atoms with Crippen molar-refractivity contribution in [1.29, 1.82) is 0 Å². The van der Waals surface area contributed by atoms with Crippen molar-refractivity contribution in [1.82, 2.24) is 9.47 Å². The topological polar surface area (TPSA) is 121 Å². The van der Waals surface area contributed by atoms with Gasteiger partial charge in [0.1, 0.15) is 18.0 Å². The summed E-state index contributed by atoms with van der Waals surface area (Å²) in [7, 11) is 0. The van der Waals surface area contributed by atoms with Crippen LogP contribution in [0.25, 0.3) is 10.9 Å². The number of nitrogens with one attached hydrogen (secondary N) is 1. The number of carbonyl (C=O) groups excluding carboxylic acids is 2. The maximum atomic E-state index is 15.0. The molecule has 2 aromatic carbocycles. The Morgan fingerprint density at radius 2 is 1.76 bits per heavy atom. The number of carbonyl (C=O) groups is 3. The number of amides is 2. The zero-order chi connectivity index (χ0) is 26.7. The summed E-state index contributed by atoms with van der Waals surface area (Å²) >= 11 is 0. The lowest BCUT2D eigenvalue weighted by Gasteiger charge is -2.35. The average molecular weight is 511 g/mol. The zero-order valence-corrected chi connectivity index (χ0v) is 20.5. The highest BCUT2D eigenvalue weighted by Crippen LogP contribution is 2.26. The molecule has 1 aliphatic rings. The number of piperazine rings is 1. The fourth-order valence-corrected chi connectivity index (χ4v) is 4.31. The van der Waals surface area contributed by atoms with Gasteiger partial charge in [-0.05, 0) is 36.8 Å². The molecule has 10 nitrogen and oxygen atoms in total. The average Bonchev–Trinajstić information content (AvgIpc) is 2.88. The standard InChI is InChI=1S/C26H27FN4O6/c1-3-29-14-20(25(34)35)24(33)19-12-21(27)23(13-22(19)29)30-8-10-31(11-9-30)26(36)37-15-17-4-6-18(7-5-17)28-16(2)32/h4-7,12-14H,3,8-11,15H2,1-2H3,(H,28,32)(H,34,35). The highest BCUT2D eigenvalue weighted by molar-refractivity contribution is 5.93. The third-order valence-corrected chi connectivity index (χ3v) is 6.24. The molecule has 2 N–H and O–H groups in total. The van der Waals surface area contributed by atoms with E-state index in [4.69, 9.17) is 4.74 Å². The Labute approximate surface area is 211 Å². The zero-order valence-electron chi connectivity index (χ0n) is 20.5. The quantitative estimate of drug-likeness (QED) is 0.522. The minimum absolute atomic E-state index is 0.00956. The van der Waals surface area contributed by atoms with Gasteiger partial charge < -0.3 is 29.5 Å². The van der Waals surface area contributed by atoms with Gasteiger partial charge in [-0.15, -0.1) is 0 Å². The number of hydrogen-bond donors (Lipinski definition) is 2. The van der Waals surface area contributed by atoms with Crippen LogP contribution in [0.5, 0.6) is 0 Å². The van der Waals surface area contributed by atoms with Gasteiger partial charge in [-0.2, -0.15) is 0 Å². The molecule has 1 aromatic heterocycles. The molecule has 2 heterocycles. The van der Waals surface area contributed by atoms with Crippen LogP contribution in [0.15, 0.2) is 47.4 Å². The van der Waals surface area contributed by atoms with Crippen LogP contribution in [0.3, 0.4) is 0 Å². The summed E-state index contributed by atoms with van der Waals surface area (Å²) in [4.78, 5) is 51.0. The van der Waals surface area contributed by atoms with E-state index in [2.05, 4.69) is 5.32 Å². The molecule has 1 aliphatic heterocycles. The molecule has 194 valence electrons. The third-order valence-electron chi connectivity index (χ3n) is 6.24. The predicted octanol–water partition coefficient (Wildman–Crippen LogP) is 3.28. The van der Waals surface area contributed by atoms with E-state index in [1.807, 2.05) is 0 Å². The monoisotopic (exact) mass is 510 g/mol. The van der Waals surface area contributed by atoms with Crippen molar-refractivity contribution < 1.29 is 28.6 Å². The van der Waals surface area contributed by atoms with Crippen LogP contribution in [0, 0.1) is 5.82 Å².